The molecule has 1 saturated carbocycles. The molecule has 2 atom stereocenters. The fraction of sp³-hybridized carbons (Fsp3) is 0.391. The van der Waals surface area contributed by atoms with Gasteiger partial charge in [0.15, 0.2) is 0 Å². The Morgan fingerprint density at radius 1 is 1.03 bits per heavy atom. The van der Waals surface area contributed by atoms with Crippen molar-refractivity contribution < 1.29 is 19.1 Å². The molecule has 0 radical (unpaired) electrons. The number of hydrogen-bond donors (Lipinski definition) is 3. The summed E-state index contributed by atoms with van der Waals surface area (Å²) in [6, 6.07) is 16.8. The van der Waals surface area contributed by atoms with Crippen molar-refractivity contribution >= 4 is 17.8 Å². The van der Waals surface area contributed by atoms with E-state index in [1.165, 1.54) is 0 Å². The second kappa shape index (κ2) is 11.1. The van der Waals surface area contributed by atoms with Gasteiger partial charge < -0.3 is 20.1 Å². The maximum absolute atomic E-state index is 12.2. The summed E-state index contributed by atoms with van der Waals surface area (Å²) in [4.78, 5) is 24.3. The average molecular weight is 412 g/mol. The van der Waals surface area contributed by atoms with Gasteiger partial charge in [0.2, 0.25) is 0 Å². The number of anilines is 1. The van der Waals surface area contributed by atoms with Crippen molar-refractivity contribution in [2.75, 3.05) is 19.0 Å². The first-order valence-corrected chi connectivity index (χ1v) is 10.3. The van der Waals surface area contributed by atoms with Gasteiger partial charge in [0.05, 0.1) is 7.11 Å². The maximum Gasteiger partial charge on any atom is 0.411 e. The molecule has 0 bridgehead atoms. The number of para-hydroxylation sites is 1. The van der Waals surface area contributed by atoms with Crippen molar-refractivity contribution in [2.24, 2.45) is 0 Å². The zero-order valence-electron chi connectivity index (χ0n) is 17.2. The van der Waals surface area contributed by atoms with Gasteiger partial charge in [0.1, 0.15) is 11.9 Å². The topological polar surface area (TPSA) is 88.7 Å². The summed E-state index contributed by atoms with van der Waals surface area (Å²) in [6.07, 6.45) is 3.29. The van der Waals surface area contributed by atoms with Crippen molar-refractivity contribution in [3.8, 4) is 5.75 Å². The van der Waals surface area contributed by atoms with Crippen LogP contribution in [0.4, 0.5) is 15.3 Å². The number of carbonyl (C=O) groups is 2. The quantitative estimate of drug-likeness (QED) is 0.640. The summed E-state index contributed by atoms with van der Waals surface area (Å²) in [7, 11) is 1.64. The highest BCUT2D eigenvalue weighted by molar-refractivity contribution is 5.84. The number of rotatable bonds is 7. The van der Waals surface area contributed by atoms with Crippen LogP contribution in [-0.4, -0.2) is 37.9 Å². The molecule has 3 N–H and O–H groups in total. The van der Waals surface area contributed by atoms with E-state index in [1.807, 2.05) is 54.6 Å². The van der Waals surface area contributed by atoms with E-state index in [4.69, 9.17) is 9.47 Å². The van der Waals surface area contributed by atoms with Gasteiger partial charge in [0.25, 0.3) is 0 Å². The molecule has 3 amide bonds. The Morgan fingerprint density at radius 3 is 2.53 bits per heavy atom. The summed E-state index contributed by atoms with van der Waals surface area (Å²) in [6.45, 7) is 0.546. The van der Waals surface area contributed by atoms with Crippen LogP contribution in [0.2, 0.25) is 0 Å². The maximum atomic E-state index is 12.2. The molecule has 30 heavy (non-hydrogen) atoms. The van der Waals surface area contributed by atoms with E-state index in [0.29, 0.717) is 18.7 Å². The summed E-state index contributed by atoms with van der Waals surface area (Å²) in [5.74, 6) is 0.816. The van der Waals surface area contributed by atoms with Gasteiger partial charge in [-0.05, 0) is 55.5 Å². The number of amides is 3. The fourth-order valence-electron chi connectivity index (χ4n) is 3.55. The van der Waals surface area contributed by atoms with Gasteiger partial charge >= 0.3 is 12.1 Å². The van der Waals surface area contributed by atoms with Crippen LogP contribution < -0.4 is 20.7 Å². The van der Waals surface area contributed by atoms with Gasteiger partial charge in [0, 0.05) is 24.7 Å². The normalized spacial score (nSPS) is 18.2. The highest BCUT2D eigenvalue weighted by atomic mass is 16.6. The molecule has 7 heteroatoms. The number of hydrogen-bond acceptors (Lipinski definition) is 4. The first-order chi connectivity index (χ1) is 14.6. The lowest BCUT2D eigenvalue weighted by molar-refractivity contribution is 0.0776. The third-order valence-electron chi connectivity index (χ3n) is 5.11. The van der Waals surface area contributed by atoms with E-state index < -0.39 is 6.09 Å². The molecule has 2 unspecified atom stereocenters. The number of nitrogens with one attached hydrogen (secondary N) is 3. The molecular weight excluding hydrogens is 382 g/mol. The highest BCUT2D eigenvalue weighted by Gasteiger charge is 2.26. The van der Waals surface area contributed by atoms with Crippen molar-refractivity contribution in [3.05, 3.63) is 60.2 Å². The lowest BCUT2D eigenvalue weighted by atomic mass is 9.93. The second-order valence-corrected chi connectivity index (χ2v) is 7.38. The van der Waals surface area contributed by atoms with Crippen LogP contribution in [0.25, 0.3) is 0 Å². The Labute approximate surface area is 177 Å². The molecule has 0 spiro atoms. The van der Waals surface area contributed by atoms with E-state index in [2.05, 4.69) is 16.0 Å². The Morgan fingerprint density at radius 2 is 1.80 bits per heavy atom. The molecule has 2 aromatic carbocycles. The zero-order valence-corrected chi connectivity index (χ0v) is 17.2. The summed E-state index contributed by atoms with van der Waals surface area (Å²) >= 11 is 0. The lowest BCUT2D eigenvalue weighted by Crippen LogP contribution is -2.46. The average Bonchev–Trinajstić information content (AvgIpc) is 2.75. The molecule has 1 aliphatic rings. The molecule has 160 valence electrons. The number of methoxy groups -OCH3 is 1. The predicted molar refractivity (Wildman–Crippen MR) is 116 cm³/mol. The van der Waals surface area contributed by atoms with E-state index in [9.17, 15) is 9.59 Å². The fourth-order valence-corrected chi connectivity index (χ4v) is 3.55. The summed E-state index contributed by atoms with van der Waals surface area (Å²) in [5, 5.41) is 8.62. The molecule has 1 aliphatic carbocycles. The Bertz CT molecular complexity index is 811. The van der Waals surface area contributed by atoms with E-state index >= 15 is 0 Å². The molecule has 3 rings (SSSR count). The van der Waals surface area contributed by atoms with Crippen LogP contribution in [0.5, 0.6) is 5.75 Å². The minimum Gasteiger partial charge on any atom is -0.497 e. The van der Waals surface area contributed by atoms with E-state index in [1.54, 1.807) is 7.11 Å². The minimum absolute atomic E-state index is 0.00531. The van der Waals surface area contributed by atoms with Gasteiger partial charge in [-0.1, -0.05) is 30.3 Å². The number of ether oxygens (including phenoxy) is 2. The van der Waals surface area contributed by atoms with Crippen LogP contribution in [-0.2, 0) is 11.2 Å². The van der Waals surface area contributed by atoms with Crippen LogP contribution in [0.1, 0.15) is 31.2 Å². The van der Waals surface area contributed by atoms with E-state index in [-0.39, 0.29) is 18.2 Å². The summed E-state index contributed by atoms with van der Waals surface area (Å²) < 4.78 is 10.7. The van der Waals surface area contributed by atoms with Crippen LogP contribution in [0.3, 0.4) is 0 Å². The molecule has 1 fully saturated rings. The molecule has 0 aliphatic heterocycles. The smallest absolute Gasteiger partial charge is 0.411 e. The zero-order chi connectivity index (χ0) is 21.2. The highest BCUT2D eigenvalue weighted by Crippen LogP contribution is 2.22. The monoisotopic (exact) mass is 411 g/mol. The molecule has 2 aromatic rings. The van der Waals surface area contributed by atoms with Crippen molar-refractivity contribution in [1.82, 2.24) is 10.6 Å². The second-order valence-electron chi connectivity index (χ2n) is 7.38. The third kappa shape index (κ3) is 6.99. The SMILES string of the molecule is COc1ccc(CCNC(=O)NC2CCCC(OC(=O)Nc3ccccc3)C2)cc1. The molecular formula is C23H29N3O4. The van der Waals surface area contributed by atoms with Crippen molar-refractivity contribution in [3.63, 3.8) is 0 Å². The van der Waals surface area contributed by atoms with Gasteiger partial charge in [-0.2, -0.15) is 0 Å². The van der Waals surface area contributed by atoms with Gasteiger partial charge in [-0.3, -0.25) is 5.32 Å². The largest absolute Gasteiger partial charge is 0.497 e. The molecule has 0 aromatic heterocycles. The molecule has 0 saturated heterocycles. The van der Waals surface area contributed by atoms with Crippen LogP contribution >= 0.6 is 0 Å². The van der Waals surface area contributed by atoms with E-state index in [0.717, 1.165) is 37.0 Å². The number of benzene rings is 2. The van der Waals surface area contributed by atoms with Crippen molar-refractivity contribution in [2.45, 2.75) is 44.2 Å². The van der Waals surface area contributed by atoms with Crippen molar-refractivity contribution in [1.29, 1.82) is 0 Å². The minimum atomic E-state index is -0.462. The third-order valence-corrected chi connectivity index (χ3v) is 5.11. The molecule has 7 nitrogen and oxygen atoms in total. The van der Waals surface area contributed by atoms with Gasteiger partial charge in [-0.15, -0.1) is 0 Å². The standard InChI is InChI=1S/C23H29N3O4/c1-29-20-12-10-17(11-13-20)14-15-24-22(27)25-19-8-5-9-21(16-19)30-23(28)26-18-6-3-2-4-7-18/h2-4,6-7,10-13,19,21H,5,8-9,14-16H2,1H3,(H,26,28)(H2,24,25,27). The Kier molecular flexibility index (Phi) is 7.94. The first kappa shape index (κ1) is 21.5. The Balaban J connectivity index is 1.36. The number of carbonyl (C=O) groups excluding carboxylic acids is 2. The molecule has 0 heterocycles. The summed E-state index contributed by atoms with van der Waals surface area (Å²) in [5.41, 5.74) is 1.83. The predicted octanol–water partition coefficient (Wildman–Crippen LogP) is 4.10. The first-order valence-electron chi connectivity index (χ1n) is 10.3. The Hall–Kier alpha value is -3.22. The van der Waals surface area contributed by atoms with Crippen LogP contribution in [0.15, 0.2) is 54.6 Å². The van der Waals surface area contributed by atoms with Gasteiger partial charge in [-0.25, -0.2) is 9.59 Å². The lowest BCUT2D eigenvalue weighted by Gasteiger charge is -2.29. The van der Waals surface area contributed by atoms with Crippen LogP contribution in [0, 0.1) is 0 Å². The number of urea groups is 1.